The van der Waals surface area contributed by atoms with Crippen LogP contribution in [0, 0.1) is 0 Å². The van der Waals surface area contributed by atoms with Gasteiger partial charge in [0.2, 0.25) is 0 Å². The Hall–Kier alpha value is -1.13. The van der Waals surface area contributed by atoms with Gasteiger partial charge in [-0.15, -0.1) is 0 Å². The third-order valence-corrected chi connectivity index (χ3v) is 2.81. The molecule has 2 rings (SSSR count). The number of ether oxygens (including phenoxy) is 1. The second-order valence-electron chi connectivity index (χ2n) is 4.74. The number of morpholine rings is 1. The minimum absolute atomic E-state index is 0.0786. The summed E-state index contributed by atoms with van der Waals surface area (Å²) in [5.74, 6) is 0. The molecule has 1 saturated heterocycles. The molecular formula is C12H19N3O. The standard InChI is InChI=1S/C12H19N3O/c1-12(2)9-15(5-6-16-12)11-4-3-10(7-13)14-8-11/h3-4,8H,5-7,9,13H2,1-2H3. The van der Waals surface area contributed by atoms with Crippen LogP contribution in [0.15, 0.2) is 18.3 Å². The molecule has 0 amide bonds. The zero-order chi connectivity index (χ0) is 11.6. The van der Waals surface area contributed by atoms with E-state index in [-0.39, 0.29) is 5.60 Å². The van der Waals surface area contributed by atoms with Crippen molar-refractivity contribution in [3.8, 4) is 0 Å². The highest BCUT2D eigenvalue weighted by Gasteiger charge is 2.27. The molecule has 1 aliphatic heterocycles. The maximum Gasteiger partial charge on any atom is 0.0801 e. The van der Waals surface area contributed by atoms with Crippen molar-refractivity contribution < 1.29 is 4.74 Å². The second-order valence-corrected chi connectivity index (χ2v) is 4.74. The largest absolute Gasteiger partial charge is 0.372 e. The molecule has 0 bridgehead atoms. The molecular weight excluding hydrogens is 202 g/mol. The Morgan fingerprint density at radius 3 is 2.88 bits per heavy atom. The van der Waals surface area contributed by atoms with E-state index < -0.39 is 0 Å². The van der Waals surface area contributed by atoms with E-state index in [9.17, 15) is 0 Å². The van der Waals surface area contributed by atoms with Gasteiger partial charge in [0.15, 0.2) is 0 Å². The second kappa shape index (κ2) is 4.39. The van der Waals surface area contributed by atoms with Crippen molar-refractivity contribution in [1.82, 2.24) is 4.98 Å². The Balaban J connectivity index is 2.11. The van der Waals surface area contributed by atoms with Gasteiger partial charge in [-0.05, 0) is 26.0 Å². The van der Waals surface area contributed by atoms with Crippen molar-refractivity contribution >= 4 is 5.69 Å². The zero-order valence-corrected chi connectivity index (χ0v) is 9.94. The van der Waals surface area contributed by atoms with Gasteiger partial charge in [0.25, 0.3) is 0 Å². The summed E-state index contributed by atoms with van der Waals surface area (Å²) in [6.07, 6.45) is 1.89. The quantitative estimate of drug-likeness (QED) is 0.814. The van der Waals surface area contributed by atoms with Crippen LogP contribution in [0.3, 0.4) is 0 Å². The minimum Gasteiger partial charge on any atom is -0.372 e. The third kappa shape index (κ3) is 2.51. The molecule has 1 aliphatic rings. The number of pyridine rings is 1. The highest BCUT2D eigenvalue weighted by atomic mass is 16.5. The lowest BCUT2D eigenvalue weighted by Crippen LogP contribution is -2.48. The van der Waals surface area contributed by atoms with E-state index in [2.05, 4.69) is 29.8 Å². The van der Waals surface area contributed by atoms with Crippen LogP contribution in [0.25, 0.3) is 0 Å². The molecule has 0 radical (unpaired) electrons. The number of hydrogen-bond acceptors (Lipinski definition) is 4. The first-order valence-electron chi connectivity index (χ1n) is 5.65. The first-order chi connectivity index (χ1) is 7.61. The highest BCUT2D eigenvalue weighted by molar-refractivity contribution is 5.45. The molecule has 88 valence electrons. The van der Waals surface area contributed by atoms with E-state index in [1.807, 2.05) is 12.3 Å². The molecule has 0 unspecified atom stereocenters. The number of nitrogens with two attached hydrogens (primary N) is 1. The van der Waals surface area contributed by atoms with E-state index in [4.69, 9.17) is 10.5 Å². The van der Waals surface area contributed by atoms with Crippen LogP contribution in [0.5, 0.6) is 0 Å². The van der Waals surface area contributed by atoms with Crippen LogP contribution in [0.4, 0.5) is 5.69 Å². The minimum atomic E-state index is -0.0786. The van der Waals surface area contributed by atoms with Gasteiger partial charge in [-0.2, -0.15) is 0 Å². The monoisotopic (exact) mass is 221 g/mol. The van der Waals surface area contributed by atoms with Crippen molar-refractivity contribution in [2.24, 2.45) is 5.73 Å². The predicted octanol–water partition coefficient (Wildman–Crippen LogP) is 1.16. The van der Waals surface area contributed by atoms with Crippen LogP contribution < -0.4 is 10.6 Å². The van der Waals surface area contributed by atoms with Gasteiger partial charge >= 0.3 is 0 Å². The summed E-state index contributed by atoms with van der Waals surface area (Å²) in [6, 6.07) is 4.06. The zero-order valence-electron chi connectivity index (χ0n) is 9.94. The fraction of sp³-hybridized carbons (Fsp3) is 0.583. The lowest BCUT2D eigenvalue weighted by molar-refractivity contribution is -0.0277. The van der Waals surface area contributed by atoms with Gasteiger partial charge in [-0.1, -0.05) is 0 Å². The maximum absolute atomic E-state index is 5.68. The Labute approximate surface area is 96.4 Å². The van der Waals surface area contributed by atoms with Crippen molar-refractivity contribution in [2.75, 3.05) is 24.6 Å². The molecule has 0 spiro atoms. The molecule has 1 aromatic heterocycles. The van der Waals surface area contributed by atoms with Crippen LogP contribution in [-0.2, 0) is 11.3 Å². The van der Waals surface area contributed by atoms with Gasteiger partial charge in [0.05, 0.1) is 29.8 Å². The summed E-state index contributed by atoms with van der Waals surface area (Å²) in [6.45, 7) is 7.31. The molecule has 16 heavy (non-hydrogen) atoms. The SMILES string of the molecule is CC1(C)CN(c2ccc(CN)nc2)CCO1. The van der Waals surface area contributed by atoms with Gasteiger partial charge in [-0.3, -0.25) is 4.98 Å². The first-order valence-corrected chi connectivity index (χ1v) is 5.65. The van der Waals surface area contributed by atoms with Gasteiger partial charge in [-0.25, -0.2) is 0 Å². The van der Waals surface area contributed by atoms with Crippen molar-refractivity contribution in [2.45, 2.75) is 26.0 Å². The summed E-state index contributed by atoms with van der Waals surface area (Å²) >= 11 is 0. The number of hydrogen-bond donors (Lipinski definition) is 1. The highest BCUT2D eigenvalue weighted by Crippen LogP contribution is 2.22. The average molecular weight is 221 g/mol. The first kappa shape index (κ1) is 11.4. The molecule has 2 N–H and O–H groups in total. The van der Waals surface area contributed by atoms with E-state index >= 15 is 0 Å². The van der Waals surface area contributed by atoms with Gasteiger partial charge < -0.3 is 15.4 Å². The van der Waals surface area contributed by atoms with Crippen LogP contribution >= 0.6 is 0 Å². The van der Waals surface area contributed by atoms with Crippen LogP contribution in [0.1, 0.15) is 19.5 Å². The van der Waals surface area contributed by atoms with Crippen LogP contribution in [0.2, 0.25) is 0 Å². The molecule has 0 atom stereocenters. The molecule has 4 nitrogen and oxygen atoms in total. The predicted molar refractivity (Wildman–Crippen MR) is 64.4 cm³/mol. The van der Waals surface area contributed by atoms with Crippen molar-refractivity contribution in [3.05, 3.63) is 24.0 Å². The Morgan fingerprint density at radius 2 is 2.31 bits per heavy atom. The molecule has 1 fully saturated rings. The van der Waals surface area contributed by atoms with E-state index in [0.717, 1.165) is 31.1 Å². The Morgan fingerprint density at radius 1 is 1.50 bits per heavy atom. The summed E-state index contributed by atoms with van der Waals surface area (Å²) < 4.78 is 5.68. The van der Waals surface area contributed by atoms with Crippen molar-refractivity contribution in [1.29, 1.82) is 0 Å². The van der Waals surface area contributed by atoms with Gasteiger partial charge in [0, 0.05) is 19.6 Å². The maximum atomic E-state index is 5.68. The third-order valence-electron chi connectivity index (χ3n) is 2.81. The summed E-state index contributed by atoms with van der Waals surface area (Å²) in [7, 11) is 0. The molecule has 4 heteroatoms. The number of rotatable bonds is 2. The van der Waals surface area contributed by atoms with E-state index in [0.29, 0.717) is 6.54 Å². The number of aromatic nitrogens is 1. The average Bonchev–Trinajstić information content (AvgIpc) is 2.28. The molecule has 0 aromatic carbocycles. The fourth-order valence-corrected chi connectivity index (χ4v) is 1.96. The smallest absolute Gasteiger partial charge is 0.0801 e. The van der Waals surface area contributed by atoms with Crippen LogP contribution in [-0.4, -0.2) is 30.3 Å². The molecule has 2 heterocycles. The molecule has 0 aliphatic carbocycles. The Kier molecular flexibility index (Phi) is 3.12. The van der Waals surface area contributed by atoms with E-state index in [1.165, 1.54) is 0 Å². The Bertz CT molecular complexity index is 348. The lowest BCUT2D eigenvalue weighted by Gasteiger charge is -2.39. The van der Waals surface area contributed by atoms with Crippen molar-refractivity contribution in [3.63, 3.8) is 0 Å². The summed E-state index contributed by atoms with van der Waals surface area (Å²) in [5.41, 5.74) is 7.52. The fourth-order valence-electron chi connectivity index (χ4n) is 1.96. The number of nitrogens with zero attached hydrogens (tertiary/aromatic N) is 2. The lowest BCUT2D eigenvalue weighted by atomic mass is 10.1. The summed E-state index contributed by atoms with van der Waals surface area (Å²) in [4.78, 5) is 6.62. The van der Waals surface area contributed by atoms with Gasteiger partial charge in [0.1, 0.15) is 0 Å². The molecule has 1 aromatic rings. The van der Waals surface area contributed by atoms with E-state index in [1.54, 1.807) is 0 Å². The topological polar surface area (TPSA) is 51.4 Å². The summed E-state index contributed by atoms with van der Waals surface area (Å²) in [5, 5.41) is 0. The molecule has 0 saturated carbocycles. The normalized spacial score (nSPS) is 19.8. The number of anilines is 1.